The van der Waals surface area contributed by atoms with E-state index in [9.17, 15) is 4.79 Å². The molecule has 0 bridgehead atoms. The second-order valence-electron chi connectivity index (χ2n) is 6.25. The van der Waals surface area contributed by atoms with Crippen molar-refractivity contribution in [3.63, 3.8) is 0 Å². The summed E-state index contributed by atoms with van der Waals surface area (Å²) in [5.41, 5.74) is 1.89. The predicted molar refractivity (Wildman–Crippen MR) is 92.5 cm³/mol. The molecule has 1 fully saturated rings. The Morgan fingerprint density at radius 1 is 1.40 bits per heavy atom. The Morgan fingerprint density at radius 3 is 3.00 bits per heavy atom. The van der Waals surface area contributed by atoms with Crippen LogP contribution in [-0.4, -0.2) is 63.8 Å². The first-order chi connectivity index (χ1) is 12.2. The third kappa shape index (κ3) is 5.07. The Kier molecular flexibility index (Phi) is 6.08. The summed E-state index contributed by atoms with van der Waals surface area (Å²) in [6.07, 6.45) is 1.39. The van der Waals surface area contributed by atoms with Gasteiger partial charge in [0.15, 0.2) is 0 Å². The van der Waals surface area contributed by atoms with Crippen molar-refractivity contribution in [3.8, 4) is 11.4 Å². The van der Waals surface area contributed by atoms with Crippen LogP contribution < -0.4 is 5.32 Å². The fraction of sp³-hybridized carbons (Fsp3) is 0.529. The minimum atomic E-state index is 0.0741. The van der Waals surface area contributed by atoms with Gasteiger partial charge in [0, 0.05) is 37.7 Å². The molecule has 2 heterocycles. The Labute approximate surface area is 146 Å². The van der Waals surface area contributed by atoms with Crippen LogP contribution in [0.1, 0.15) is 25.3 Å². The molecule has 0 radical (unpaired) electrons. The summed E-state index contributed by atoms with van der Waals surface area (Å²) in [7, 11) is 0. The molecule has 134 valence electrons. The van der Waals surface area contributed by atoms with Crippen molar-refractivity contribution in [1.82, 2.24) is 30.8 Å². The van der Waals surface area contributed by atoms with Gasteiger partial charge in [-0.05, 0) is 30.2 Å². The monoisotopic (exact) mass is 344 g/mol. The van der Waals surface area contributed by atoms with Crippen LogP contribution in [-0.2, 0) is 16.1 Å². The zero-order valence-electron chi connectivity index (χ0n) is 14.4. The van der Waals surface area contributed by atoms with Gasteiger partial charge in [0.2, 0.25) is 11.7 Å². The van der Waals surface area contributed by atoms with E-state index >= 15 is 0 Å². The van der Waals surface area contributed by atoms with Gasteiger partial charge < -0.3 is 10.1 Å². The molecule has 1 amide bonds. The number of H-pyrrole nitrogens is 1. The topological polar surface area (TPSA) is 96.0 Å². The van der Waals surface area contributed by atoms with Crippen LogP contribution in [0.5, 0.6) is 0 Å². The van der Waals surface area contributed by atoms with Crippen molar-refractivity contribution in [2.75, 3.05) is 26.3 Å². The number of amides is 1. The van der Waals surface area contributed by atoms with Gasteiger partial charge in [-0.25, -0.2) is 0 Å². The highest BCUT2D eigenvalue weighted by molar-refractivity contribution is 5.75. The Balaban J connectivity index is 1.43. The van der Waals surface area contributed by atoms with Gasteiger partial charge in [-0.15, -0.1) is 10.2 Å². The molecule has 8 nitrogen and oxygen atoms in total. The fourth-order valence-corrected chi connectivity index (χ4v) is 2.93. The van der Waals surface area contributed by atoms with Crippen LogP contribution in [0.25, 0.3) is 11.4 Å². The summed E-state index contributed by atoms with van der Waals surface area (Å²) in [6.45, 7) is 6.14. The lowest BCUT2D eigenvalue weighted by Gasteiger charge is -2.32. The number of benzene rings is 1. The van der Waals surface area contributed by atoms with Crippen molar-refractivity contribution < 1.29 is 9.53 Å². The molecule has 1 aromatic heterocycles. The van der Waals surface area contributed by atoms with E-state index in [1.807, 2.05) is 24.3 Å². The standard InChI is InChI=1S/C17H24N6O2/c1-13(23-7-9-25-10-8-23)5-6-16(24)18-12-14-3-2-4-15(11-14)17-19-21-22-20-17/h2-4,11,13H,5-10,12H2,1H3,(H,18,24)(H,19,20,21,22)/t13-/m1/s1. The lowest BCUT2D eigenvalue weighted by Crippen LogP contribution is -2.42. The first kappa shape index (κ1) is 17.5. The second kappa shape index (κ2) is 8.68. The molecule has 0 spiro atoms. The van der Waals surface area contributed by atoms with E-state index in [0.29, 0.717) is 24.8 Å². The van der Waals surface area contributed by atoms with Gasteiger partial charge in [-0.1, -0.05) is 18.2 Å². The number of carbonyl (C=O) groups excluding carboxylic acids is 1. The van der Waals surface area contributed by atoms with E-state index in [0.717, 1.165) is 43.9 Å². The number of hydrogen-bond donors (Lipinski definition) is 2. The van der Waals surface area contributed by atoms with Gasteiger partial charge in [0.05, 0.1) is 13.2 Å². The summed E-state index contributed by atoms with van der Waals surface area (Å²) in [5.74, 6) is 0.623. The molecule has 1 saturated heterocycles. The number of carbonyl (C=O) groups is 1. The van der Waals surface area contributed by atoms with Crippen molar-refractivity contribution in [2.45, 2.75) is 32.4 Å². The number of hydrogen-bond acceptors (Lipinski definition) is 6. The SMILES string of the molecule is C[C@H](CCC(=O)NCc1cccc(-c2nn[nH]n2)c1)N1CCOCC1. The molecule has 0 aliphatic carbocycles. The molecule has 0 saturated carbocycles. The summed E-state index contributed by atoms with van der Waals surface area (Å²) < 4.78 is 5.36. The number of aromatic nitrogens is 4. The molecule has 1 aliphatic rings. The molecular weight excluding hydrogens is 320 g/mol. The third-order valence-electron chi connectivity index (χ3n) is 4.48. The van der Waals surface area contributed by atoms with E-state index in [4.69, 9.17) is 4.74 Å². The van der Waals surface area contributed by atoms with Crippen LogP contribution >= 0.6 is 0 Å². The van der Waals surface area contributed by atoms with Crippen LogP contribution in [0.2, 0.25) is 0 Å². The van der Waals surface area contributed by atoms with Gasteiger partial charge in [-0.2, -0.15) is 5.21 Å². The first-order valence-corrected chi connectivity index (χ1v) is 8.63. The highest BCUT2D eigenvalue weighted by Gasteiger charge is 2.17. The quantitative estimate of drug-likeness (QED) is 0.777. The van der Waals surface area contributed by atoms with Gasteiger partial charge in [-0.3, -0.25) is 9.69 Å². The van der Waals surface area contributed by atoms with Crippen molar-refractivity contribution in [3.05, 3.63) is 29.8 Å². The number of nitrogens with one attached hydrogen (secondary N) is 2. The largest absolute Gasteiger partial charge is 0.379 e. The van der Waals surface area contributed by atoms with Gasteiger partial charge in [0.25, 0.3) is 0 Å². The predicted octanol–water partition coefficient (Wildman–Crippen LogP) is 0.984. The van der Waals surface area contributed by atoms with E-state index in [1.54, 1.807) is 0 Å². The van der Waals surface area contributed by atoms with E-state index in [2.05, 4.69) is 37.8 Å². The molecule has 1 atom stereocenters. The first-order valence-electron chi connectivity index (χ1n) is 8.63. The zero-order chi connectivity index (χ0) is 17.5. The van der Waals surface area contributed by atoms with Crippen molar-refractivity contribution in [1.29, 1.82) is 0 Å². The summed E-state index contributed by atoms with van der Waals surface area (Å²) >= 11 is 0. The highest BCUT2D eigenvalue weighted by atomic mass is 16.5. The van der Waals surface area contributed by atoms with E-state index in [-0.39, 0.29) is 5.91 Å². The molecule has 1 aliphatic heterocycles. The molecule has 3 rings (SSSR count). The molecule has 2 aromatic rings. The van der Waals surface area contributed by atoms with E-state index < -0.39 is 0 Å². The molecule has 1 aromatic carbocycles. The minimum Gasteiger partial charge on any atom is -0.379 e. The van der Waals surface area contributed by atoms with Gasteiger partial charge in [0.1, 0.15) is 0 Å². The highest BCUT2D eigenvalue weighted by Crippen LogP contribution is 2.15. The molecule has 2 N–H and O–H groups in total. The lowest BCUT2D eigenvalue weighted by molar-refractivity contribution is -0.121. The van der Waals surface area contributed by atoms with Crippen LogP contribution in [0.15, 0.2) is 24.3 Å². The molecular formula is C17H24N6O2. The Bertz CT molecular complexity index is 670. The Morgan fingerprint density at radius 2 is 2.24 bits per heavy atom. The fourth-order valence-electron chi connectivity index (χ4n) is 2.93. The van der Waals surface area contributed by atoms with E-state index in [1.165, 1.54) is 0 Å². The lowest BCUT2D eigenvalue weighted by atomic mass is 10.1. The smallest absolute Gasteiger partial charge is 0.220 e. The van der Waals surface area contributed by atoms with Crippen LogP contribution in [0.4, 0.5) is 0 Å². The average Bonchev–Trinajstić information content (AvgIpc) is 3.20. The van der Waals surface area contributed by atoms with Gasteiger partial charge >= 0.3 is 0 Å². The van der Waals surface area contributed by atoms with Crippen LogP contribution in [0.3, 0.4) is 0 Å². The van der Waals surface area contributed by atoms with Crippen molar-refractivity contribution >= 4 is 5.91 Å². The van der Waals surface area contributed by atoms with Crippen LogP contribution in [0, 0.1) is 0 Å². The van der Waals surface area contributed by atoms with Crippen molar-refractivity contribution in [2.24, 2.45) is 0 Å². The number of morpholine rings is 1. The summed E-state index contributed by atoms with van der Waals surface area (Å²) in [6, 6.07) is 8.17. The number of rotatable bonds is 7. The number of ether oxygens (including phenoxy) is 1. The number of tetrazole rings is 1. The normalized spacial score (nSPS) is 16.5. The average molecular weight is 344 g/mol. The minimum absolute atomic E-state index is 0.0741. The third-order valence-corrected chi connectivity index (χ3v) is 4.48. The Hall–Kier alpha value is -2.32. The number of aromatic amines is 1. The second-order valence-corrected chi connectivity index (χ2v) is 6.25. The maximum atomic E-state index is 12.1. The molecule has 8 heteroatoms. The summed E-state index contributed by atoms with van der Waals surface area (Å²) in [4.78, 5) is 14.5. The summed E-state index contributed by atoms with van der Waals surface area (Å²) in [5, 5.41) is 16.9. The molecule has 0 unspecified atom stereocenters. The number of nitrogens with zero attached hydrogens (tertiary/aromatic N) is 4. The maximum absolute atomic E-state index is 12.1. The zero-order valence-corrected chi connectivity index (χ0v) is 14.4. The maximum Gasteiger partial charge on any atom is 0.220 e. The molecule has 25 heavy (non-hydrogen) atoms.